The molecule has 1 N–H and O–H groups in total. The first-order chi connectivity index (χ1) is 10.2. The van der Waals surface area contributed by atoms with Gasteiger partial charge >= 0.3 is 0 Å². The quantitative estimate of drug-likeness (QED) is 0.829. The van der Waals surface area contributed by atoms with E-state index in [4.69, 9.17) is 9.47 Å². The fourth-order valence-electron chi connectivity index (χ4n) is 2.65. The van der Waals surface area contributed by atoms with E-state index in [2.05, 4.69) is 12.2 Å². The molecule has 0 aromatic heterocycles. The Balaban J connectivity index is 2.02. The zero-order chi connectivity index (χ0) is 15.1. The van der Waals surface area contributed by atoms with Crippen LogP contribution in [0.3, 0.4) is 0 Å². The predicted molar refractivity (Wildman–Crippen MR) is 82.2 cm³/mol. The van der Waals surface area contributed by atoms with Crippen LogP contribution in [-0.4, -0.2) is 25.9 Å². The Morgan fingerprint density at radius 2 is 2.29 bits per heavy atom. The number of rotatable bonds is 7. The third-order valence-corrected chi connectivity index (χ3v) is 3.85. The van der Waals surface area contributed by atoms with Crippen molar-refractivity contribution in [3.63, 3.8) is 0 Å². The van der Waals surface area contributed by atoms with Gasteiger partial charge in [-0.05, 0) is 51.3 Å². The van der Waals surface area contributed by atoms with E-state index in [0.29, 0.717) is 17.9 Å². The molecule has 0 saturated carbocycles. The van der Waals surface area contributed by atoms with Gasteiger partial charge in [0.15, 0.2) is 0 Å². The van der Waals surface area contributed by atoms with Crippen LogP contribution >= 0.6 is 0 Å². The lowest BCUT2D eigenvalue weighted by molar-refractivity contribution is -0.0113. The van der Waals surface area contributed by atoms with Gasteiger partial charge in [0.1, 0.15) is 18.2 Å². The first-order valence-corrected chi connectivity index (χ1v) is 7.98. The minimum absolute atomic E-state index is 0.0616. The molecule has 21 heavy (non-hydrogen) atoms. The van der Waals surface area contributed by atoms with Gasteiger partial charge in [-0.15, -0.1) is 0 Å². The molecule has 1 aromatic rings. The maximum atomic E-state index is 14.1. The highest BCUT2D eigenvalue weighted by atomic mass is 19.1. The van der Waals surface area contributed by atoms with Crippen LogP contribution in [0.5, 0.6) is 5.75 Å². The zero-order valence-corrected chi connectivity index (χ0v) is 13.0. The summed E-state index contributed by atoms with van der Waals surface area (Å²) >= 11 is 0. The van der Waals surface area contributed by atoms with E-state index in [9.17, 15) is 4.39 Å². The number of ether oxygens (including phenoxy) is 2. The Bertz CT molecular complexity index is 433. The van der Waals surface area contributed by atoms with Gasteiger partial charge in [0.2, 0.25) is 0 Å². The predicted octanol–water partition coefficient (Wildman–Crippen LogP) is 3.83. The van der Waals surface area contributed by atoms with Crippen molar-refractivity contribution < 1.29 is 13.9 Å². The standard InChI is InChI=1S/C17H26FNO2/c1-3-10-19-13(2)17-15(18)8-6-9-16(17)21-12-14-7-4-5-11-20-14/h6,8-9,13-14,19H,3-5,7,10-12H2,1-2H3. The van der Waals surface area contributed by atoms with Gasteiger partial charge in [-0.3, -0.25) is 0 Å². The lowest BCUT2D eigenvalue weighted by Gasteiger charge is -2.24. The first-order valence-electron chi connectivity index (χ1n) is 7.98. The van der Waals surface area contributed by atoms with Crippen molar-refractivity contribution >= 4 is 0 Å². The zero-order valence-electron chi connectivity index (χ0n) is 13.0. The smallest absolute Gasteiger partial charge is 0.131 e. The summed E-state index contributed by atoms with van der Waals surface area (Å²) < 4.78 is 25.7. The molecule has 0 amide bonds. The normalized spacial score (nSPS) is 20.2. The summed E-state index contributed by atoms with van der Waals surface area (Å²) in [5.41, 5.74) is 0.613. The van der Waals surface area contributed by atoms with Crippen LogP contribution in [0, 0.1) is 5.82 Å². The number of hydrogen-bond acceptors (Lipinski definition) is 3. The Morgan fingerprint density at radius 1 is 1.43 bits per heavy atom. The Hall–Kier alpha value is -1.13. The summed E-state index contributed by atoms with van der Waals surface area (Å²) in [6, 6.07) is 4.96. The van der Waals surface area contributed by atoms with E-state index < -0.39 is 0 Å². The van der Waals surface area contributed by atoms with Crippen LogP contribution in [-0.2, 0) is 4.74 Å². The molecule has 1 aliphatic rings. The Labute approximate surface area is 126 Å². The van der Waals surface area contributed by atoms with E-state index in [0.717, 1.165) is 32.4 Å². The second-order valence-electron chi connectivity index (χ2n) is 5.63. The van der Waals surface area contributed by atoms with Crippen molar-refractivity contribution in [3.05, 3.63) is 29.6 Å². The number of benzene rings is 1. The van der Waals surface area contributed by atoms with Crippen molar-refractivity contribution in [2.24, 2.45) is 0 Å². The third-order valence-electron chi connectivity index (χ3n) is 3.85. The van der Waals surface area contributed by atoms with E-state index in [-0.39, 0.29) is 18.0 Å². The molecule has 0 aliphatic carbocycles. The summed E-state index contributed by atoms with van der Waals surface area (Å²) in [6.45, 7) is 6.23. The molecule has 2 unspecified atom stereocenters. The topological polar surface area (TPSA) is 30.5 Å². The van der Waals surface area contributed by atoms with Crippen molar-refractivity contribution in [1.82, 2.24) is 5.32 Å². The molecule has 2 atom stereocenters. The molecule has 3 nitrogen and oxygen atoms in total. The maximum absolute atomic E-state index is 14.1. The highest BCUT2D eigenvalue weighted by molar-refractivity contribution is 5.37. The van der Waals surface area contributed by atoms with Gasteiger partial charge in [0.25, 0.3) is 0 Å². The molecule has 1 aromatic carbocycles. The van der Waals surface area contributed by atoms with Crippen LogP contribution in [0.4, 0.5) is 4.39 Å². The van der Waals surface area contributed by atoms with Gasteiger partial charge < -0.3 is 14.8 Å². The molecule has 1 saturated heterocycles. The van der Waals surface area contributed by atoms with E-state index >= 15 is 0 Å². The summed E-state index contributed by atoms with van der Waals surface area (Å²) in [7, 11) is 0. The molecule has 2 rings (SSSR count). The maximum Gasteiger partial charge on any atom is 0.131 e. The molecule has 0 bridgehead atoms. The second kappa shape index (κ2) is 8.35. The monoisotopic (exact) mass is 295 g/mol. The Morgan fingerprint density at radius 3 is 3.00 bits per heavy atom. The van der Waals surface area contributed by atoms with Gasteiger partial charge in [-0.1, -0.05) is 13.0 Å². The first kappa shape index (κ1) is 16.2. The fourth-order valence-corrected chi connectivity index (χ4v) is 2.65. The molecule has 1 heterocycles. The molecule has 0 radical (unpaired) electrons. The minimum Gasteiger partial charge on any atom is -0.490 e. The van der Waals surface area contributed by atoms with Crippen LogP contribution in [0.1, 0.15) is 51.1 Å². The SMILES string of the molecule is CCCNC(C)c1c(F)cccc1OCC1CCCCO1. The van der Waals surface area contributed by atoms with Crippen LogP contribution in [0.25, 0.3) is 0 Å². The number of hydrogen-bond donors (Lipinski definition) is 1. The van der Waals surface area contributed by atoms with Gasteiger partial charge in [0, 0.05) is 18.2 Å². The average molecular weight is 295 g/mol. The summed E-state index contributed by atoms with van der Waals surface area (Å²) in [5.74, 6) is 0.411. The molecular formula is C17H26FNO2. The van der Waals surface area contributed by atoms with Gasteiger partial charge in [-0.2, -0.15) is 0 Å². The van der Waals surface area contributed by atoms with Crippen LogP contribution in [0.15, 0.2) is 18.2 Å². The van der Waals surface area contributed by atoms with Gasteiger partial charge in [-0.25, -0.2) is 4.39 Å². The Kier molecular flexibility index (Phi) is 6.46. The van der Waals surface area contributed by atoms with Crippen molar-refractivity contribution in [3.8, 4) is 5.75 Å². The average Bonchev–Trinajstić information content (AvgIpc) is 2.51. The number of halogens is 1. The largest absolute Gasteiger partial charge is 0.490 e. The molecule has 118 valence electrons. The molecule has 4 heteroatoms. The van der Waals surface area contributed by atoms with Crippen molar-refractivity contribution in [1.29, 1.82) is 0 Å². The summed E-state index contributed by atoms with van der Waals surface area (Å²) in [4.78, 5) is 0. The highest BCUT2D eigenvalue weighted by Crippen LogP contribution is 2.28. The van der Waals surface area contributed by atoms with Crippen molar-refractivity contribution in [2.75, 3.05) is 19.8 Å². The summed E-state index contributed by atoms with van der Waals surface area (Å²) in [6.07, 6.45) is 4.48. The number of nitrogens with one attached hydrogen (secondary N) is 1. The van der Waals surface area contributed by atoms with Crippen LogP contribution in [0.2, 0.25) is 0 Å². The third kappa shape index (κ3) is 4.68. The molecule has 0 spiro atoms. The second-order valence-corrected chi connectivity index (χ2v) is 5.63. The van der Waals surface area contributed by atoms with Gasteiger partial charge in [0.05, 0.1) is 6.10 Å². The molecular weight excluding hydrogens is 269 g/mol. The highest BCUT2D eigenvalue weighted by Gasteiger charge is 2.19. The fraction of sp³-hybridized carbons (Fsp3) is 0.647. The molecule has 1 aliphatic heterocycles. The lowest BCUT2D eigenvalue weighted by atomic mass is 10.1. The van der Waals surface area contributed by atoms with E-state index in [1.54, 1.807) is 6.07 Å². The lowest BCUT2D eigenvalue weighted by Crippen LogP contribution is -2.27. The minimum atomic E-state index is -0.215. The van der Waals surface area contributed by atoms with E-state index in [1.165, 1.54) is 12.5 Å². The van der Waals surface area contributed by atoms with Crippen molar-refractivity contribution in [2.45, 2.75) is 51.7 Å². The van der Waals surface area contributed by atoms with Crippen LogP contribution < -0.4 is 10.1 Å². The van der Waals surface area contributed by atoms with E-state index in [1.807, 2.05) is 13.0 Å². The molecule has 1 fully saturated rings. The summed E-state index contributed by atoms with van der Waals surface area (Å²) in [5, 5.41) is 3.32.